The van der Waals surface area contributed by atoms with Crippen molar-refractivity contribution in [1.29, 1.82) is 0 Å². The summed E-state index contributed by atoms with van der Waals surface area (Å²) in [5.74, 6) is -0.325. The van der Waals surface area contributed by atoms with Crippen LogP contribution >= 0.6 is 0 Å². The van der Waals surface area contributed by atoms with E-state index in [4.69, 9.17) is 5.11 Å². The standard InChI is InChI=1S/C14H21N3O4/c1-3-7-15-13-6-5-11(17(20)21)10-12(13)14(19)16(4-2)8-9-18/h5-6,10,15,18H,3-4,7-9H2,1-2H3. The number of carbonyl (C=O) groups excluding carboxylic acids is 1. The van der Waals surface area contributed by atoms with E-state index < -0.39 is 4.92 Å². The smallest absolute Gasteiger partial charge is 0.270 e. The molecule has 21 heavy (non-hydrogen) atoms. The average molecular weight is 295 g/mol. The predicted molar refractivity (Wildman–Crippen MR) is 80.5 cm³/mol. The van der Waals surface area contributed by atoms with Gasteiger partial charge in [-0.1, -0.05) is 6.92 Å². The van der Waals surface area contributed by atoms with Gasteiger partial charge in [0.05, 0.1) is 17.1 Å². The molecule has 0 saturated heterocycles. The molecule has 0 aliphatic heterocycles. The number of benzene rings is 1. The van der Waals surface area contributed by atoms with E-state index >= 15 is 0 Å². The van der Waals surface area contributed by atoms with E-state index in [9.17, 15) is 14.9 Å². The molecular formula is C14H21N3O4. The minimum absolute atomic E-state index is 0.125. The first-order chi connectivity index (χ1) is 10.0. The van der Waals surface area contributed by atoms with Gasteiger partial charge in [0.25, 0.3) is 11.6 Å². The number of carbonyl (C=O) groups is 1. The molecule has 0 heterocycles. The first kappa shape index (κ1) is 16.9. The lowest BCUT2D eigenvalue weighted by molar-refractivity contribution is -0.384. The van der Waals surface area contributed by atoms with Crippen LogP contribution in [0.3, 0.4) is 0 Å². The molecular weight excluding hydrogens is 274 g/mol. The number of anilines is 1. The lowest BCUT2D eigenvalue weighted by atomic mass is 10.1. The van der Waals surface area contributed by atoms with Crippen LogP contribution in [0.5, 0.6) is 0 Å². The molecule has 1 rings (SSSR count). The monoisotopic (exact) mass is 295 g/mol. The zero-order valence-corrected chi connectivity index (χ0v) is 12.3. The van der Waals surface area contributed by atoms with E-state index in [1.54, 1.807) is 13.0 Å². The lowest BCUT2D eigenvalue weighted by Gasteiger charge is -2.21. The highest BCUT2D eigenvalue weighted by atomic mass is 16.6. The first-order valence-electron chi connectivity index (χ1n) is 6.97. The van der Waals surface area contributed by atoms with Crippen LogP contribution in [0.2, 0.25) is 0 Å². The molecule has 0 aliphatic rings. The van der Waals surface area contributed by atoms with Crippen LogP contribution in [0, 0.1) is 10.1 Å². The Bertz CT molecular complexity index is 505. The molecule has 0 aromatic heterocycles. The van der Waals surface area contributed by atoms with Crippen LogP contribution in [-0.2, 0) is 0 Å². The Labute approximate surface area is 123 Å². The summed E-state index contributed by atoms with van der Waals surface area (Å²) in [6, 6.07) is 4.20. The fourth-order valence-electron chi connectivity index (χ4n) is 1.93. The highest BCUT2D eigenvalue weighted by Gasteiger charge is 2.20. The Balaban J connectivity index is 3.17. The van der Waals surface area contributed by atoms with Crippen molar-refractivity contribution >= 4 is 17.3 Å². The van der Waals surface area contributed by atoms with E-state index in [0.717, 1.165) is 6.42 Å². The summed E-state index contributed by atoms with van der Waals surface area (Å²) in [5, 5.41) is 23.0. The lowest BCUT2D eigenvalue weighted by Crippen LogP contribution is -2.33. The van der Waals surface area contributed by atoms with Crippen LogP contribution in [-0.4, -0.2) is 47.1 Å². The molecule has 7 heteroatoms. The van der Waals surface area contributed by atoms with E-state index in [1.165, 1.54) is 17.0 Å². The number of non-ortho nitro benzene ring substituents is 1. The first-order valence-corrected chi connectivity index (χ1v) is 6.97. The van der Waals surface area contributed by atoms with Gasteiger partial charge in [0.2, 0.25) is 0 Å². The van der Waals surface area contributed by atoms with Crippen molar-refractivity contribution in [2.45, 2.75) is 20.3 Å². The molecule has 7 nitrogen and oxygen atoms in total. The Hall–Kier alpha value is -2.15. The maximum absolute atomic E-state index is 12.5. The van der Waals surface area contributed by atoms with E-state index in [0.29, 0.717) is 18.8 Å². The largest absolute Gasteiger partial charge is 0.395 e. The van der Waals surface area contributed by atoms with Gasteiger partial charge >= 0.3 is 0 Å². The summed E-state index contributed by atoms with van der Waals surface area (Å²) in [6.45, 7) is 4.94. The molecule has 1 amide bonds. The van der Waals surface area contributed by atoms with Crippen molar-refractivity contribution < 1.29 is 14.8 Å². The third kappa shape index (κ3) is 4.42. The van der Waals surface area contributed by atoms with Gasteiger partial charge in [0.1, 0.15) is 0 Å². The molecule has 2 N–H and O–H groups in total. The van der Waals surface area contributed by atoms with Crippen molar-refractivity contribution in [2.75, 3.05) is 31.6 Å². The van der Waals surface area contributed by atoms with E-state index in [1.807, 2.05) is 6.92 Å². The normalized spacial score (nSPS) is 10.2. The van der Waals surface area contributed by atoms with Gasteiger partial charge in [-0.15, -0.1) is 0 Å². The minimum Gasteiger partial charge on any atom is -0.395 e. The van der Waals surface area contributed by atoms with Crippen molar-refractivity contribution in [3.63, 3.8) is 0 Å². The molecule has 0 unspecified atom stereocenters. The van der Waals surface area contributed by atoms with Crippen LogP contribution in [0.15, 0.2) is 18.2 Å². The van der Waals surface area contributed by atoms with Crippen molar-refractivity contribution in [2.24, 2.45) is 0 Å². The number of nitrogens with one attached hydrogen (secondary N) is 1. The van der Waals surface area contributed by atoms with Gasteiger partial charge in [0.15, 0.2) is 0 Å². The summed E-state index contributed by atoms with van der Waals surface area (Å²) >= 11 is 0. The van der Waals surface area contributed by atoms with E-state index in [2.05, 4.69) is 5.32 Å². The van der Waals surface area contributed by atoms with Crippen molar-refractivity contribution in [3.05, 3.63) is 33.9 Å². The van der Waals surface area contributed by atoms with E-state index in [-0.39, 0.29) is 30.3 Å². The maximum atomic E-state index is 12.5. The summed E-state index contributed by atoms with van der Waals surface area (Å²) in [5.41, 5.74) is 0.706. The number of nitrogens with zero attached hydrogens (tertiary/aromatic N) is 2. The van der Waals surface area contributed by atoms with Gasteiger partial charge in [-0.3, -0.25) is 14.9 Å². The SMILES string of the molecule is CCCNc1ccc([N+](=O)[O-])cc1C(=O)N(CC)CCO. The van der Waals surface area contributed by atoms with Gasteiger partial charge in [-0.25, -0.2) is 0 Å². The number of rotatable bonds is 8. The molecule has 0 radical (unpaired) electrons. The van der Waals surface area contributed by atoms with Crippen LogP contribution in [0.1, 0.15) is 30.6 Å². The molecule has 116 valence electrons. The summed E-state index contributed by atoms with van der Waals surface area (Å²) in [4.78, 5) is 24.3. The van der Waals surface area contributed by atoms with Crippen molar-refractivity contribution in [3.8, 4) is 0 Å². The second-order valence-corrected chi connectivity index (χ2v) is 4.52. The molecule has 0 bridgehead atoms. The number of hydrogen-bond donors (Lipinski definition) is 2. The summed E-state index contributed by atoms with van der Waals surface area (Å²) in [7, 11) is 0. The number of aliphatic hydroxyl groups excluding tert-OH is 1. The van der Waals surface area contributed by atoms with Crippen LogP contribution < -0.4 is 5.32 Å². The summed E-state index contributed by atoms with van der Waals surface area (Å²) < 4.78 is 0. The molecule has 1 aromatic rings. The quantitative estimate of drug-likeness (QED) is 0.564. The third-order valence-corrected chi connectivity index (χ3v) is 3.05. The number of nitro groups is 1. The molecule has 0 atom stereocenters. The third-order valence-electron chi connectivity index (χ3n) is 3.05. The van der Waals surface area contributed by atoms with Gasteiger partial charge in [-0.05, 0) is 19.4 Å². The molecule has 0 saturated carbocycles. The van der Waals surface area contributed by atoms with Crippen molar-refractivity contribution in [1.82, 2.24) is 4.90 Å². The Morgan fingerprint density at radius 1 is 1.43 bits per heavy atom. The topological polar surface area (TPSA) is 95.7 Å². The number of hydrogen-bond acceptors (Lipinski definition) is 5. The zero-order chi connectivity index (χ0) is 15.8. The second kappa shape index (κ2) is 8.21. The number of nitro benzene ring substituents is 1. The Kier molecular flexibility index (Phi) is 6.61. The van der Waals surface area contributed by atoms with Gasteiger partial charge in [0, 0.05) is 37.5 Å². The highest BCUT2D eigenvalue weighted by Crippen LogP contribution is 2.23. The number of aliphatic hydroxyl groups is 1. The number of likely N-dealkylation sites (N-methyl/N-ethyl adjacent to an activating group) is 1. The minimum atomic E-state index is -0.525. The molecule has 0 spiro atoms. The fraction of sp³-hybridized carbons (Fsp3) is 0.500. The second-order valence-electron chi connectivity index (χ2n) is 4.52. The molecule has 0 aliphatic carbocycles. The zero-order valence-electron chi connectivity index (χ0n) is 12.3. The fourth-order valence-corrected chi connectivity index (χ4v) is 1.93. The Morgan fingerprint density at radius 3 is 2.67 bits per heavy atom. The summed E-state index contributed by atoms with van der Waals surface area (Å²) in [6.07, 6.45) is 0.874. The van der Waals surface area contributed by atoms with Gasteiger partial charge in [-0.2, -0.15) is 0 Å². The van der Waals surface area contributed by atoms with Crippen LogP contribution in [0.4, 0.5) is 11.4 Å². The Morgan fingerprint density at radius 2 is 2.14 bits per heavy atom. The molecule has 0 fully saturated rings. The van der Waals surface area contributed by atoms with Crippen LogP contribution in [0.25, 0.3) is 0 Å². The highest BCUT2D eigenvalue weighted by molar-refractivity contribution is 6.00. The number of amides is 1. The van der Waals surface area contributed by atoms with Gasteiger partial charge < -0.3 is 15.3 Å². The average Bonchev–Trinajstić information content (AvgIpc) is 2.49. The maximum Gasteiger partial charge on any atom is 0.270 e. The molecule has 1 aromatic carbocycles. The predicted octanol–water partition coefficient (Wildman–Crippen LogP) is 1.87.